The molecule has 0 aliphatic rings. The third-order valence-electron chi connectivity index (χ3n) is 2.09. The number of halogens is 1. The summed E-state index contributed by atoms with van der Waals surface area (Å²) in [6, 6.07) is 1.93. The van der Waals surface area contributed by atoms with Crippen molar-refractivity contribution in [3.05, 3.63) is 21.7 Å². The Kier molecular flexibility index (Phi) is 4.38. The highest BCUT2D eigenvalue weighted by Crippen LogP contribution is 2.39. The first-order valence-corrected chi connectivity index (χ1v) is 5.16. The maximum atomic E-state index is 5.26. The van der Waals surface area contributed by atoms with Crippen molar-refractivity contribution in [2.45, 2.75) is 13.5 Å². The second kappa shape index (κ2) is 5.34. The van der Waals surface area contributed by atoms with Crippen molar-refractivity contribution in [2.24, 2.45) is 5.90 Å². The van der Waals surface area contributed by atoms with Crippen LogP contribution in [0.5, 0.6) is 11.5 Å². The van der Waals surface area contributed by atoms with Crippen LogP contribution in [-0.4, -0.2) is 14.2 Å². The summed E-state index contributed by atoms with van der Waals surface area (Å²) in [6.45, 7) is 2.25. The van der Waals surface area contributed by atoms with Crippen molar-refractivity contribution in [1.29, 1.82) is 0 Å². The minimum Gasteiger partial charge on any atom is -0.495 e. The van der Waals surface area contributed by atoms with Crippen molar-refractivity contribution < 1.29 is 14.3 Å². The molecular weight excluding hydrogens is 262 g/mol. The molecule has 0 aliphatic carbocycles. The van der Waals surface area contributed by atoms with Gasteiger partial charge in [-0.2, -0.15) is 0 Å². The van der Waals surface area contributed by atoms with E-state index in [9.17, 15) is 0 Å². The highest BCUT2D eigenvalue weighted by atomic mass is 79.9. The zero-order chi connectivity index (χ0) is 11.4. The van der Waals surface area contributed by atoms with Gasteiger partial charge in [-0.05, 0) is 34.5 Å². The number of hydrogen-bond donors (Lipinski definition) is 1. The van der Waals surface area contributed by atoms with E-state index in [2.05, 4.69) is 20.8 Å². The smallest absolute Gasteiger partial charge is 0.142 e. The van der Waals surface area contributed by atoms with Gasteiger partial charge in [0.15, 0.2) is 0 Å². The molecule has 15 heavy (non-hydrogen) atoms. The molecule has 0 bridgehead atoms. The lowest BCUT2D eigenvalue weighted by Crippen LogP contribution is -2.03. The molecule has 0 spiro atoms. The van der Waals surface area contributed by atoms with E-state index >= 15 is 0 Å². The van der Waals surface area contributed by atoms with Gasteiger partial charge in [-0.25, -0.2) is 5.90 Å². The monoisotopic (exact) mass is 275 g/mol. The van der Waals surface area contributed by atoms with E-state index in [4.69, 9.17) is 15.4 Å². The van der Waals surface area contributed by atoms with E-state index in [1.807, 2.05) is 13.0 Å². The van der Waals surface area contributed by atoms with Crippen molar-refractivity contribution in [2.75, 3.05) is 14.2 Å². The van der Waals surface area contributed by atoms with Crippen LogP contribution >= 0.6 is 15.9 Å². The van der Waals surface area contributed by atoms with Crippen molar-refractivity contribution in [1.82, 2.24) is 0 Å². The van der Waals surface area contributed by atoms with Gasteiger partial charge in [0, 0.05) is 5.56 Å². The van der Waals surface area contributed by atoms with Gasteiger partial charge in [0.25, 0.3) is 0 Å². The van der Waals surface area contributed by atoms with Crippen molar-refractivity contribution >= 4 is 15.9 Å². The molecule has 4 nitrogen and oxygen atoms in total. The summed E-state index contributed by atoms with van der Waals surface area (Å²) in [5, 5.41) is 0. The topological polar surface area (TPSA) is 53.7 Å². The minimum atomic E-state index is 0.298. The number of ether oxygens (including phenoxy) is 2. The molecule has 0 atom stereocenters. The molecule has 0 radical (unpaired) electrons. The van der Waals surface area contributed by atoms with Crippen LogP contribution in [0.4, 0.5) is 0 Å². The lowest BCUT2D eigenvalue weighted by molar-refractivity contribution is 0.122. The summed E-state index contributed by atoms with van der Waals surface area (Å²) in [5.74, 6) is 6.49. The molecule has 0 fully saturated rings. The predicted octanol–water partition coefficient (Wildman–Crippen LogP) is 2.17. The molecule has 0 aromatic heterocycles. The van der Waals surface area contributed by atoms with Crippen LogP contribution in [-0.2, 0) is 11.4 Å². The molecule has 1 rings (SSSR count). The van der Waals surface area contributed by atoms with Gasteiger partial charge in [0.2, 0.25) is 0 Å². The van der Waals surface area contributed by atoms with E-state index in [0.29, 0.717) is 12.4 Å². The van der Waals surface area contributed by atoms with Gasteiger partial charge < -0.3 is 9.47 Å². The largest absolute Gasteiger partial charge is 0.495 e. The van der Waals surface area contributed by atoms with Gasteiger partial charge in [-0.1, -0.05) is 0 Å². The first kappa shape index (κ1) is 12.3. The quantitative estimate of drug-likeness (QED) is 0.856. The van der Waals surface area contributed by atoms with Gasteiger partial charge in [0.1, 0.15) is 16.0 Å². The van der Waals surface area contributed by atoms with E-state index in [0.717, 1.165) is 21.3 Å². The van der Waals surface area contributed by atoms with Crippen molar-refractivity contribution in [3.63, 3.8) is 0 Å². The summed E-state index contributed by atoms with van der Waals surface area (Å²) < 4.78 is 11.3. The van der Waals surface area contributed by atoms with Crippen LogP contribution in [0.1, 0.15) is 11.1 Å². The second-order valence-electron chi connectivity index (χ2n) is 3.04. The molecule has 0 unspecified atom stereocenters. The first-order valence-electron chi connectivity index (χ1n) is 4.37. The third-order valence-corrected chi connectivity index (χ3v) is 2.81. The minimum absolute atomic E-state index is 0.298. The van der Waals surface area contributed by atoms with Crippen LogP contribution in [0.2, 0.25) is 0 Å². The molecule has 0 saturated heterocycles. The van der Waals surface area contributed by atoms with Gasteiger partial charge >= 0.3 is 0 Å². The summed E-state index contributed by atoms with van der Waals surface area (Å²) in [5.41, 5.74) is 1.88. The zero-order valence-corrected chi connectivity index (χ0v) is 10.6. The van der Waals surface area contributed by atoms with E-state index in [1.165, 1.54) is 0 Å². The normalized spacial score (nSPS) is 10.2. The lowest BCUT2D eigenvalue weighted by atomic mass is 10.1. The van der Waals surface area contributed by atoms with Crippen LogP contribution in [0.15, 0.2) is 10.5 Å². The maximum Gasteiger partial charge on any atom is 0.142 e. The summed E-state index contributed by atoms with van der Waals surface area (Å²) in [6.07, 6.45) is 0. The number of benzene rings is 1. The number of hydrogen-bond acceptors (Lipinski definition) is 4. The Morgan fingerprint density at radius 2 is 1.87 bits per heavy atom. The van der Waals surface area contributed by atoms with Crippen LogP contribution in [0.25, 0.3) is 0 Å². The molecule has 2 N–H and O–H groups in total. The Morgan fingerprint density at radius 1 is 1.27 bits per heavy atom. The standard InChI is InChI=1S/C10H14BrNO3/c1-6-4-7(5-15-12)10(14-3)8(11)9(6)13-2/h4H,5,12H2,1-3H3. The highest BCUT2D eigenvalue weighted by molar-refractivity contribution is 9.10. The molecule has 0 saturated carbocycles. The Hall–Kier alpha value is -0.780. The molecule has 84 valence electrons. The summed E-state index contributed by atoms with van der Waals surface area (Å²) in [4.78, 5) is 4.61. The van der Waals surface area contributed by atoms with Crippen LogP contribution in [0.3, 0.4) is 0 Å². The number of aryl methyl sites for hydroxylation is 1. The SMILES string of the molecule is COc1c(C)cc(CON)c(OC)c1Br. The third kappa shape index (κ3) is 2.42. The van der Waals surface area contributed by atoms with Crippen molar-refractivity contribution in [3.8, 4) is 11.5 Å². The molecule has 0 aliphatic heterocycles. The zero-order valence-electron chi connectivity index (χ0n) is 8.96. The Labute approximate surface area is 97.4 Å². The summed E-state index contributed by atoms with van der Waals surface area (Å²) >= 11 is 3.43. The Morgan fingerprint density at radius 3 is 2.33 bits per heavy atom. The average Bonchev–Trinajstić information content (AvgIpc) is 2.19. The number of nitrogens with two attached hydrogens (primary N) is 1. The molecular formula is C10H14BrNO3. The van der Waals surface area contributed by atoms with E-state index in [1.54, 1.807) is 14.2 Å². The van der Waals surface area contributed by atoms with Crippen LogP contribution < -0.4 is 15.4 Å². The molecule has 1 aromatic rings. The molecule has 1 aromatic carbocycles. The highest BCUT2D eigenvalue weighted by Gasteiger charge is 2.15. The first-order chi connectivity index (χ1) is 7.15. The molecule has 5 heteroatoms. The maximum absolute atomic E-state index is 5.26. The fraction of sp³-hybridized carbons (Fsp3) is 0.400. The second-order valence-corrected chi connectivity index (χ2v) is 3.84. The van der Waals surface area contributed by atoms with E-state index in [-0.39, 0.29) is 0 Å². The van der Waals surface area contributed by atoms with E-state index < -0.39 is 0 Å². The van der Waals surface area contributed by atoms with Crippen LogP contribution in [0, 0.1) is 6.92 Å². The molecule has 0 heterocycles. The summed E-state index contributed by atoms with van der Waals surface area (Å²) in [7, 11) is 3.21. The Bertz CT molecular complexity index is 355. The Balaban J connectivity index is 3.30. The fourth-order valence-electron chi connectivity index (χ4n) is 1.48. The predicted molar refractivity (Wildman–Crippen MR) is 61.0 cm³/mol. The lowest BCUT2D eigenvalue weighted by Gasteiger charge is -2.15. The van der Waals surface area contributed by atoms with Gasteiger partial charge in [-0.15, -0.1) is 0 Å². The number of methoxy groups -OCH3 is 2. The van der Waals surface area contributed by atoms with Gasteiger partial charge in [0.05, 0.1) is 20.8 Å². The fourth-order valence-corrected chi connectivity index (χ4v) is 2.37. The average molecular weight is 276 g/mol. The number of rotatable bonds is 4. The van der Waals surface area contributed by atoms with Gasteiger partial charge in [-0.3, -0.25) is 4.84 Å². The molecule has 0 amide bonds.